The highest BCUT2D eigenvalue weighted by Gasteiger charge is 2.19. The molecule has 2 aromatic carbocycles. The summed E-state index contributed by atoms with van der Waals surface area (Å²) in [5, 5.41) is 0. The van der Waals surface area contributed by atoms with Crippen LogP contribution in [0.5, 0.6) is 5.75 Å². The molecule has 0 spiro atoms. The molecule has 0 saturated heterocycles. The molecule has 0 amide bonds. The van der Waals surface area contributed by atoms with Crippen LogP contribution in [0.2, 0.25) is 0 Å². The summed E-state index contributed by atoms with van der Waals surface area (Å²) >= 11 is 0. The van der Waals surface area contributed by atoms with Gasteiger partial charge in [0.15, 0.2) is 0 Å². The Hall–Kier alpha value is -1.81. The third-order valence-electron chi connectivity index (χ3n) is 4.17. The van der Waals surface area contributed by atoms with E-state index in [1.807, 2.05) is 12.1 Å². The van der Waals surface area contributed by atoms with Crippen LogP contribution in [0, 0.1) is 0 Å². The van der Waals surface area contributed by atoms with E-state index in [0.29, 0.717) is 11.7 Å². The van der Waals surface area contributed by atoms with Gasteiger partial charge in [-0.2, -0.15) is 8.42 Å². The Balaban J connectivity index is 1.81. The highest BCUT2D eigenvalue weighted by Crippen LogP contribution is 2.34. The number of benzene rings is 2. The van der Waals surface area contributed by atoms with E-state index in [0.717, 1.165) is 0 Å². The van der Waals surface area contributed by atoms with Crippen LogP contribution >= 0.6 is 0 Å². The van der Waals surface area contributed by atoms with Gasteiger partial charge in [0.2, 0.25) is 0 Å². The molecule has 0 aliphatic heterocycles. The Bertz CT molecular complexity index is 717. The molecule has 116 valence electrons. The van der Waals surface area contributed by atoms with Gasteiger partial charge in [0.1, 0.15) is 10.6 Å². The molecule has 0 unspecified atom stereocenters. The molecule has 3 rings (SSSR count). The van der Waals surface area contributed by atoms with Gasteiger partial charge >= 0.3 is 10.1 Å². The zero-order valence-electron chi connectivity index (χ0n) is 12.4. The third kappa shape index (κ3) is 3.50. The topological polar surface area (TPSA) is 43.4 Å². The number of hydrogen-bond acceptors (Lipinski definition) is 3. The maximum Gasteiger partial charge on any atom is 0.339 e. The van der Waals surface area contributed by atoms with Crippen LogP contribution in [0.3, 0.4) is 0 Å². The first-order chi connectivity index (χ1) is 10.6. The lowest BCUT2D eigenvalue weighted by Crippen LogP contribution is -2.10. The number of hydrogen-bond donors (Lipinski definition) is 0. The quantitative estimate of drug-likeness (QED) is 0.780. The van der Waals surface area contributed by atoms with Crippen LogP contribution in [-0.4, -0.2) is 8.42 Å². The fourth-order valence-corrected chi connectivity index (χ4v) is 3.96. The standard InChI is InChI=1S/C18H20O3S/c19-22(20,18-12-5-2-6-13-18)21-17-11-7-10-16(14-17)15-8-3-1-4-9-15/h2,5-7,10-15H,1,3-4,8-9H2. The third-order valence-corrected chi connectivity index (χ3v) is 5.43. The van der Waals surface area contributed by atoms with Crippen LogP contribution in [0.15, 0.2) is 59.5 Å². The van der Waals surface area contributed by atoms with E-state index in [2.05, 4.69) is 6.07 Å². The van der Waals surface area contributed by atoms with Gasteiger partial charge in [0.25, 0.3) is 0 Å². The lowest BCUT2D eigenvalue weighted by Gasteiger charge is -2.22. The molecule has 0 N–H and O–H groups in total. The second-order valence-corrected chi connectivity index (χ2v) is 7.30. The molecule has 3 nitrogen and oxygen atoms in total. The molecule has 1 saturated carbocycles. The van der Waals surface area contributed by atoms with E-state index < -0.39 is 10.1 Å². The van der Waals surface area contributed by atoms with Crippen LogP contribution < -0.4 is 4.18 Å². The van der Waals surface area contributed by atoms with Gasteiger partial charge in [-0.15, -0.1) is 0 Å². The molecule has 2 aromatic rings. The number of rotatable bonds is 4. The summed E-state index contributed by atoms with van der Waals surface area (Å²) in [4.78, 5) is 0.179. The SMILES string of the molecule is O=S(=O)(Oc1cccc(C2CCCCC2)c1)c1ccccc1. The van der Waals surface area contributed by atoms with Crippen molar-refractivity contribution in [3.8, 4) is 5.75 Å². The van der Waals surface area contributed by atoms with Crippen molar-refractivity contribution in [3.63, 3.8) is 0 Å². The van der Waals surface area contributed by atoms with Crippen molar-refractivity contribution in [1.82, 2.24) is 0 Å². The van der Waals surface area contributed by atoms with Crippen molar-refractivity contribution in [2.24, 2.45) is 0 Å². The summed E-state index contributed by atoms with van der Waals surface area (Å²) in [7, 11) is -3.76. The van der Waals surface area contributed by atoms with Crippen molar-refractivity contribution >= 4 is 10.1 Å². The zero-order chi connectivity index (χ0) is 15.4. The van der Waals surface area contributed by atoms with E-state index in [4.69, 9.17) is 4.18 Å². The normalized spacial score (nSPS) is 16.4. The summed E-state index contributed by atoms with van der Waals surface area (Å²) in [5.41, 5.74) is 1.18. The van der Waals surface area contributed by atoms with Gasteiger partial charge in [-0.25, -0.2) is 0 Å². The second-order valence-electron chi connectivity index (χ2n) is 5.76. The molecule has 1 aliphatic rings. The largest absolute Gasteiger partial charge is 0.379 e. The Morgan fingerprint density at radius 1 is 0.864 bits per heavy atom. The molecule has 0 atom stereocenters. The summed E-state index contributed by atoms with van der Waals surface area (Å²) in [5.74, 6) is 0.920. The highest BCUT2D eigenvalue weighted by atomic mass is 32.2. The second kappa shape index (κ2) is 6.53. The first kappa shape index (κ1) is 15.1. The molecule has 1 aliphatic carbocycles. The Labute approximate surface area is 132 Å². The maximum absolute atomic E-state index is 12.3. The van der Waals surface area contributed by atoms with Gasteiger partial charge in [-0.1, -0.05) is 49.6 Å². The summed E-state index contributed by atoms with van der Waals surface area (Å²) in [6, 6.07) is 15.8. The van der Waals surface area contributed by atoms with Gasteiger partial charge in [-0.05, 0) is 48.6 Å². The van der Waals surface area contributed by atoms with E-state index in [-0.39, 0.29) is 4.90 Å². The van der Waals surface area contributed by atoms with Crippen molar-refractivity contribution in [3.05, 3.63) is 60.2 Å². The van der Waals surface area contributed by atoms with E-state index in [9.17, 15) is 8.42 Å². The van der Waals surface area contributed by atoms with Crippen LogP contribution in [0.1, 0.15) is 43.6 Å². The van der Waals surface area contributed by atoms with Gasteiger partial charge in [0.05, 0.1) is 0 Å². The van der Waals surface area contributed by atoms with Crippen molar-refractivity contribution in [2.45, 2.75) is 42.9 Å². The maximum atomic E-state index is 12.3. The van der Waals surface area contributed by atoms with Gasteiger partial charge in [0, 0.05) is 0 Å². The zero-order valence-corrected chi connectivity index (χ0v) is 13.3. The van der Waals surface area contributed by atoms with E-state index in [1.54, 1.807) is 36.4 Å². The first-order valence-corrected chi connectivity index (χ1v) is 9.15. The van der Waals surface area contributed by atoms with Crippen LogP contribution in [0.25, 0.3) is 0 Å². The molecular weight excluding hydrogens is 296 g/mol. The van der Waals surface area contributed by atoms with Crippen molar-refractivity contribution in [2.75, 3.05) is 0 Å². The smallest absolute Gasteiger partial charge is 0.339 e. The molecule has 4 heteroatoms. The Kier molecular flexibility index (Phi) is 4.48. The fourth-order valence-electron chi connectivity index (χ4n) is 3.02. The molecule has 0 heterocycles. The highest BCUT2D eigenvalue weighted by molar-refractivity contribution is 7.87. The average Bonchev–Trinajstić information content (AvgIpc) is 2.56. The van der Waals surface area contributed by atoms with E-state index >= 15 is 0 Å². The molecule has 0 aromatic heterocycles. The Morgan fingerprint density at radius 2 is 1.59 bits per heavy atom. The molecule has 0 bridgehead atoms. The monoisotopic (exact) mass is 316 g/mol. The van der Waals surface area contributed by atoms with Crippen LogP contribution in [0.4, 0.5) is 0 Å². The van der Waals surface area contributed by atoms with Gasteiger partial charge < -0.3 is 4.18 Å². The predicted molar refractivity (Wildman–Crippen MR) is 86.5 cm³/mol. The summed E-state index contributed by atoms with van der Waals surface area (Å²) < 4.78 is 29.8. The van der Waals surface area contributed by atoms with Crippen LogP contribution in [-0.2, 0) is 10.1 Å². The molecule has 0 radical (unpaired) electrons. The van der Waals surface area contributed by atoms with E-state index in [1.165, 1.54) is 37.7 Å². The lowest BCUT2D eigenvalue weighted by atomic mass is 9.84. The molecule has 22 heavy (non-hydrogen) atoms. The molecular formula is C18H20O3S. The minimum atomic E-state index is -3.76. The minimum Gasteiger partial charge on any atom is -0.379 e. The fraction of sp³-hybridized carbons (Fsp3) is 0.333. The lowest BCUT2D eigenvalue weighted by molar-refractivity contribution is 0.441. The first-order valence-electron chi connectivity index (χ1n) is 7.75. The Morgan fingerprint density at radius 3 is 2.32 bits per heavy atom. The molecule has 1 fully saturated rings. The predicted octanol–water partition coefficient (Wildman–Crippen LogP) is 4.50. The summed E-state index contributed by atoms with van der Waals surface area (Å²) in [6.07, 6.45) is 6.15. The van der Waals surface area contributed by atoms with Crippen molar-refractivity contribution in [1.29, 1.82) is 0 Å². The van der Waals surface area contributed by atoms with Crippen molar-refractivity contribution < 1.29 is 12.6 Å². The summed E-state index contributed by atoms with van der Waals surface area (Å²) in [6.45, 7) is 0. The van der Waals surface area contributed by atoms with Gasteiger partial charge in [-0.3, -0.25) is 0 Å². The average molecular weight is 316 g/mol. The minimum absolute atomic E-state index is 0.179.